The molecule has 3 heteroatoms. The molecule has 3 aromatic rings. The Morgan fingerprint density at radius 2 is 1.72 bits per heavy atom. The number of aryl methyl sites for hydroxylation is 1. The van der Waals surface area contributed by atoms with Crippen LogP contribution in [0.25, 0.3) is 10.8 Å². The fraction of sp³-hybridized carbons (Fsp3) is 0.227. The number of thioether (sulfide) groups is 1. The van der Waals surface area contributed by atoms with Crippen LogP contribution in [0.1, 0.15) is 30.5 Å². The van der Waals surface area contributed by atoms with Crippen molar-refractivity contribution in [2.45, 2.75) is 31.2 Å². The van der Waals surface area contributed by atoms with E-state index in [9.17, 15) is 4.79 Å². The van der Waals surface area contributed by atoms with Crippen LogP contribution in [0.15, 0.2) is 71.6 Å². The van der Waals surface area contributed by atoms with E-state index in [1.807, 2.05) is 12.1 Å². The van der Waals surface area contributed by atoms with Gasteiger partial charge >= 0.3 is 0 Å². The second-order valence-corrected chi connectivity index (χ2v) is 7.29. The first-order chi connectivity index (χ1) is 12.2. The average molecular weight is 349 g/mol. The largest absolute Gasteiger partial charge is 0.349 e. The minimum absolute atomic E-state index is 0.0744. The number of nitrogens with one attached hydrogen (secondary N) is 1. The second kappa shape index (κ2) is 8.21. The maximum absolute atomic E-state index is 12.4. The Kier molecular flexibility index (Phi) is 5.77. The van der Waals surface area contributed by atoms with Crippen LogP contribution >= 0.6 is 11.8 Å². The van der Waals surface area contributed by atoms with E-state index in [1.165, 1.54) is 16.3 Å². The van der Waals surface area contributed by atoms with Gasteiger partial charge in [-0.05, 0) is 41.8 Å². The molecule has 1 N–H and O–H groups in total. The van der Waals surface area contributed by atoms with Crippen LogP contribution in [0.2, 0.25) is 0 Å². The fourth-order valence-electron chi connectivity index (χ4n) is 2.86. The predicted octanol–water partition coefficient (Wildman–Crippen LogP) is 5.51. The van der Waals surface area contributed by atoms with Gasteiger partial charge < -0.3 is 5.32 Å². The van der Waals surface area contributed by atoms with E-state index in [-0.39, 0.29) is 11.9 Å². The molecule has 0 unspecified atom stereocenters. The summed E-state index contributed by atoms with van der Waals surface area (Å²) in [5.41, 5.74) is 2.40. The molecule has 0 aliphatic heterocycles. The highest BCUT2D eigenvalue weighted by atomic mass is 32.2. The number of hydrogen-bond acceptors (Lipinski definition) is 2. The number of carbonyl (C=O) groups is 1. The molecule has 1 amide bonds. The van der Waals surface area contributed by atoms with Crippen LogP contribution in [0, 0.1) is 6.92 Å². The first-order valence-electron chi connectivity index (χ1n) is 8.63. The summed E-state index contributed by atoms with van der Waals surface area (Å²) in [4.78, 5) is 13.5. The van der Waals surface area contributed by atoms with Crippen molar-refractivity contribution in [1.82, 2.24) is 5.32 Å². The maximum Gasteiger partial charge on any atom is 0.230 e. The SMILES string of the molecule is CC[C@@H](NC(=O)CSc1ccc2ccccc2c1)c1ccc(C)cc1. The summed E-state index contributed by atoms with van der Waals surface area (Å²) in [5, 5.41) is 5.58. The highest BCUT2D eigenvalue weighted by Crippen LogP contribution is 2.24. The number of benzene rings is 3. The van der Waals surface area contributed by atoms with Gasteiger partial charge in [-0.1, -0.05) is 67.1 Å². The summed E-state index contributed by atoms with van der Waals surface area (Å²) in [6, 6.07) is 23.1. The molecule has 128 valence electrons. The van der Waals surface area contributed by atoms with Crippen LogP contribution in [0.3, 0.4) is 0 Å². The molecule has 25 heavy (non-hydrogen) atoms. The minimum Gasteiger partial charge on any atom is -0.349 e. The summed E-state index contributed by atoms with van der Waals surface area (Å²) >= 11 is 1.58. The van der Waals surface area contributed by atoms with Gasteiger partial charge in [-0.25, -0.2) is 0 Å². The molecule has 0 fully saturated rings. The molecule has 0 aromatic heterocycles. The Morgan fingerprint density at radius 1 is 1.00 bits per heavy atom. The second-order valence-electron chi connectivity index (χ2n) is 6.24. The fourth-order valence-corrected chi connectivity index (χ4v) is 3.62. The van der Waals surface area contributed by atoms with Gasteiger partial charge in [-0.3, -0.25) is 4.79 Å². The topological polar surface area (TPSA) is 29.1 Å². The third-order valence-electron chi connectivity index (χ3n) is 4.31. The van der Waals surface area contributed by atoms with E-state index in [0.717, 1.165) is 16.9 Å². The van der Waals surface area contributed by atoms with Crippen molar-refractivity contribution in [3.63, 3.8) is 0 Å². The Morgan fingerprint density at radius 3 is 2.44 bits per heavy atom. The number of rotatable bonds is 6. The molecule has 0 aliphatic carbocycles. The van der Waals surface area contributed by atoms with E-state index >= 15 is 0 Å². The predicted molar refractivity (Wildman–Crippen MR) is 107 cm³/mol. The van der Waals surface area contributed by atoms with E-state index in [0.29, 0.717) is 5.75 Å². The monoisotopic (exact) mass is 349 g/mol. The molecule has 0 heterocycles. The van der Waals surface area contributed by atoms with Crippen molar-refractivity contribution in [3.8, 4) is 0 Å². The van der Waals surface area contributed by atoms with Crippen LogP contribution in [-0.4, -0.2) is 11.7 Å². The quantitative estimate of drug-likeness (QED) is 0.595. The first kappa shape index (κ1) is 17.6. The highest BCUT2D eigenvalue weighted by molar-refractivity contribution is 8.00. The molecule has 3 rings (SSSR count). The standard InChI is InChI=1S/C22H23NOS/c1-3-21(18-10-8-16(2)9-11-18)23-22(24)15-25-20-13-12-17-6-4-5-7-19(17)14-20/h4-14,21H,3,15H2,1-2H3,(H,23,24)/t21-/m1/s1. The molecular weight excluding hydrogens is 326 g/mol. The smallest absolute Gasteiger partial charge is 0.230 e. The average Bonchev–Trinajstić information content (AvgIpc) is 2.65. The number of amides is 1. The van der Waals surface area contributed by atoms with Gasteiger partial charge in [0.2, 0.25) is 5.91 Å². The minimum atomic E-state index is 0.0744. The van der Waals surface area contributed by atoms with E-state index in [4.69, 9.17) is 0 Å². The number of hydrogen-bond donors (Lipinski definition) is 1. The lowest BCUT2D eigenvalue weighted by Gasteiger charge is -2.17. The molecule has 0 spiro atoms. The molecule has 0 radical (unpaired) electrons. The first-order valence-corrected chi connectivity index (χ1v) is 9.62. The van der Waals surface area contributed by atoms with E-state index in [2.05, 4.69) is 73.8 Å². The Balaban J connectivity index is 1.60. The molecule has 1 atom stereocenters. The van der Waals surface area contributed by atoms with Crippen molar-refractivity contribution >= 4 is 28.4 Å². The molecule has 0 saturated heterocycles. The lowest BCUT2D eigenvalue weighted by Crippen LogP contribution is -2.29. The van der Waals surface area contributed by atoms with Crippen LogP contribution in [-0.2, 0) is 4.79 Å². The van der Waals surface area contributed by atoms with E-state index in [1.54, 1.807) is 11.8 Å². The lowest BCUT2D eigenvalue weighted by molar-refractivity contribution is -0.119. The summed E-state index contributed by atoms with van der Waals surface area (Å²) in [7, 11) is 0. The van der Waals surface area contributed by atoms with Gasteiger partial charge in [0.1, 0.15) is 0 Å². The zero-order valence-electron chi connectivity index (χ0n) is 14.7. The van der Waals surface area contributed by atoms with Gasteiger partial charge in [0.25, 0.3) is 0 Å². The van der Waals surface area contributed by atoms with Crippen LogP contribution in [0.4, 0.5) is 0 Å². The summed E-state index contributed by atoms with van der Waals surface area (Å²) in [6.07, 6.45) is 0.884. The highest BCUT2D eigenvalue weighted by Gasteiger charge is 2.12. The van der Waals surface area contributed by atoms with Gasteiger partial charge in [-0.15, -0.1) is 11.8 Å². The molecule has 0 aliphatic rings. The Labute approximate surface area is 153 Å². The van der Waals surface area contributed by atoms with Crippen LogP contribution in [0.5, 0.6) is 0 Å². The summed E-state index contributed by atoms with van der Waals surface area (Å²) < 4.78 is 0. The van der Waals surface area contributed by atoms with E-state index < -0.39 is 0 Å². The van der Waals surface area contributed by atoms with Gasteiger partial charge in [-0.2, -0.15) is 0 Å². The number of fused-ring (bicyclic) bond motifs is 1. The Hall–Kier alpha value is -2.26. The number of carbonyl (C=O) groups excluding carboxylic acids is 1. The molecular formula is C22H23NOS. The van der Waals surface area contributed by atoms with Crippen LogP contribution < -0.4 is 5.32 Å². The summed E-state index contributed by atoms with van der Waals surface area (Å²) in [6.45, 7) is 4.17. The van der Waals surface area contributed by atoms with Crippen molar-refractivity contribution < 1.29 is 4.79 Å². The van der Waals surface area contributed by atoms with Gasteiger partial charge in [0.15, 0.2) is 0 Å². The third kappa shape index (κ3) is 4.64. The third-order valence-corrected chi connectivity index (χ3v) is 5.31. The Bertz CT molecular complexity index is 857. The van der Waals surface area contributed by atoms with Crippen molar-refractivity contribution in [3.05, 3.63) is 77.9 Å². The van der Waals surface area contributed by atoms with Crippen molar-refractivity contribution in [1.29, 1.82) is 0 Å². The normalized spacial score (nSPS) is 12.1. The zero-order chi connectivity index (χ0) is 17.6. The molecule has 2 nitrogen and oxygen atoms in total. The van der Waals surface area contributed by atoms with Gasteiger partial charge in [0.05, 0.1) is 11.8 Å². The van der Waals surface area contributed by atoms with Gasteiger partial charge in [0, 0.05) is 4.90 Å². The molecule has 0 bridgehead atoms. The zero-order valence-corrected chi connectivity index (χ0v) is 15.5. The summed E-state index contributed by atoms with van der Waals surface area (Å²) in [5.74, 6) is 0.506. The lowest BCUT2D eigenvalue weighted by atomic mass is 10.0. The maximum atomic E-state index is 12.4. The molecule has 0 saturated carbocycles. The van der Waals surface area contributed by atoms with Crippen molar-refractivity contribution in [2.24, 2.45) is 0 Å². The van der Waals surface area contributed by atoms with Crippen molar-refractivity contribution in [2.75, 3.05) is 5.75 Å². The molecule has 3 aromatic carbocycles.